The molecule has 1 aliphatic rings. The normalized spacial score (nSPS) is 15.3. The van der Waals surface area contributed by atoms with Crippen molar-refractivity contribution in [2.75, 3.05) is 12.3 Å². The first kappa shape index (κ1) is 14.3. The first-order valence-electron chi connectivity index (χ1n) is 7.58. The number of esters is 1. The smallest absolute Gasteiger partial charge is 0.350 e. The van der Waals surface area contributed by atoms with E-state index in [4.69, 9.17) is 15.5 Å². The van der Waals surface area contributed by atoms with Crippen molar-refractivity contribution in [2.24, 2.45) is 0 Å². The van der Waals surface area contributed by atoms with Crippen LogP contribution in [-0.4, -0.2) is 17.6 Å². The summed E-state index contributed by atoms with van der Waals surface area (Å²) in [4.78, 5) is 18.1. The maximum Gasteiger partial charge on any atom is 0.350 e. The molecule has 0 saturated heterocycles. The second kappa shape index (κ2) is 6.02. The van der Waals surface area contributed by atoms with Crippen molar-refractivity contribution in [3.8, 4) is 0 Å². The number of aromatic nitrogens is 1. The Morgan fingerprint density at radius 2 is 2.10 bits per heavy atom. The number of hydrogen-bond acceptors (Lipinski definition) is 5. The van der Waals surface area contributed by atoms with Gasteiger partial charge in [0, 0.05) is 11.1 Å². The third kappa shape index (κ3) is 2.75. The summed E-state index contributed by atoms with van der Waals surface area (Å²) in [7, 11) is 0. The fourth-order valence-corrected chi connectivity index (χ4v) is 3.85. The summed E-state index contributed by atoms with van der Waals surface area (Å²) in [6, 6.07) is 2.14. The minimum atomic E-state index is -0.342. The van der Waals surface area contributed by atoms with E-state index in [-0.39, 0.29) is 5.97 Å². The van der Waals surface area contributed by atoms with Gasteiger partial charge in [0.05, 0.1) is 12.3 Å². The molecule has 0 unspecified atom stereocenters. The zero-order valence-electron chi connectivity index (χ0n) is 12.3. The summed E-state index contributed by atoms with van der Waals surface area (Å²) in [5, 5.41) is 0.905. The van der Waals surface area contributed by atoms with Crippen LogP contribution in [0.4, 0.5) is 5.69 Å². The van der Waals surface area contributed by atoms with Crippen LogP contribution in [0, 0.1) is 0 Å². The predicted molar refractivity (Wildman–Crippen MR) is 85.9 cm³/mol. The minimum absolute atomic E-state index is 0.342. The van der Waals surface area contributed by atoms with E-state index in [0.29, 0.717) is 17.2 Å². The van der Waals surface area contributed by atoms with Gasteiger partial charge in [0.25, 0.3) is 0 Å². The van der Waals surface area contributed by atoms with Gasteiger partial charge in [0.15, 0.2) is 0 Å². The first-order valence-corrected chi connectivity index (χ1v) is 8.40. The lowest BCUT2D eigenvalue weighted by atomic mass is 9.96. The summed E-state index contributed by atoms with van der Waals surface area (Å²) in [5.41, 5.74) is 9.14. The zero-order chi connectivity index (χ0) is 14.8. The number of thiophene rings is 1. The van der Waals surface area contributed by atoms with E-state index < -0.39 is 0 Å². The fourth-order valence-electron chi connectivity index (χ4n) is 2.86. The summed E-state index contributed by atoms with van der Waals surface area (Å²) in [5.74, 6) is -0.342. The van der Waals surface area contributed by atoms with Crippen LogP contribution in [-0.2, 0) is 17.6 Å². The number of fused-ring (bicyclic) bond motifs is 2. The number of nitrogen functional groups attached to an aromatic ring is 1. The lowest BCUT2D eigenvalue weighted by Gasteiger charge is -2.12. The lowest BCUT2D eigenvalue weighted by Crippen LogP contribution is -2.05. The molecule has 0 saturated carbocycles. The van der Waals surface area contributed by atoms with Gasteiger partial charge in [-0.05, 0) is 44.2 Å². The Kier molecular flexibility index (Phi) is 4.10. The molecular formula is C16H20N2O2S. The highest BCUT2D eigenvalue weighted by Gasteiger charge is 2.20. The highest BCUT2D eigenvalue weighted by molar-refractivity contribution is 7.21. The third-order valence-electron chi connectivity index (χ3n) is 3.96. The van der Waals surface area contributed by atoms with Crippen molar-refractivity contribution >= 4 is 33.2 Å². The van der Waals surface area contributed by atoms with E-state index in [2.05, 4.69) is 6.07 Å². The monoisotopic (exact) mass is 304 g/mol. The molecule has 21 heavy (non-hydrogen) atoms. The second-order valence-electron chi connectivity index (χ2n) is 5.43. The van der Waals surface area contributed by atoms with E-state index in [1.165, 1.54) is 48.3 Å². The molecule has 0 radical (unpaired) electrons. The fraction of sp³-hybridized carbons (Fsp3) is 0.500. The molecule has 2 aromatic heterocycles. The number of carbonyl (C=O) groups is 1. The Hall–Kier alpha value is -1.62. The van der Waals surface area contributed by atoms with Crippen molar-refractivity contribution in [1.82, 2.24) is 4.98 Å². The quantitative estimate of drug-likeness (QED) is 0.859. The Morgan fingerprint density at radius 3 is 2.86 bits per heavy atom. The average Bonchev–Trinajstić information content (AvgIpc) is 2.76. The first-order chi connectivity index (χ1) is 10.2. The third-order valence-corrected chi connectivity index (χ3v) is 5.06. The van der Waals surface area contributed by atoms with E-state index in [9.17, 15) is 4.79 Å². The molecule has 1 aliphatic carbocycles. The Labute approximate surface area is 128 Å². The van der Waals surface area contributed by atoms with E-state index in [1.54, 1.807) is 6.92 Å². The van der Waals surface area contributed by atoms with Gasteiger partial charge in [-0.15, -0.1) is 11.3 Å². The Bertz CT molecular complexity index is 678. The number of anilines is 1. The number of aryl methyl sites for hydroxylation is 2. The van der Waals surface area contributed by atoms with Crippen molar-refractivity contribution in [2.45, 2.75) is 45.4 Å². The van der Waals surface area contributed by atoms with Gasteiger partial charge in [0.1, 0.15) is 9.71 Å². The molecule has 3 rings (SSSR count). The molecule has 0 aliphatic heterocycles. The second-order valence-corrected chi connectivity index (χ2v) is 6.43. The molecule has 2 N–H and O–H groups in total. The van der Waals surface area contributed by atoms with Gasteiger partial charge in [-0.1, -0.05) is 12.8 Å². The number of nitrogens with zero attached hydrogens (tertiary/aromatic N) is 1. The van der Waals surface area contributed by atoms with Crippen molar-refractivity contribution in [3.63, 3.8) is 0 Å². The highest BCUT2D eigenvalue weighted by Crippen LogP contribution is 2.35. The molecule has 0 aromatic carbocycles. The van der Waals surface area contributed by atoms with Crippen LogP contribution in [0.2, 0.25) is 0 Å². The van der Waals surface area contributed by atoms with Crippen LogP contribution in [0.15, 0.2) is 6.07 Å². The summed E-state index contributed by atoms with van der Waals surface area (Å²) in [6.45, 7) is 2.15. The number of pyridine rings is 1. The summed E-state index contributed by atoms with van der Waals surface area (Å²) < 4.78 is 5.07. The topological polar surface area (TPSA) is 65.2 Å². The molecule has 112 valence electrons. The minimum Gasteiger partial charge on any atom is -0.462 e. The molecule has 0 atom stereocenters. The van der Waals surface area contributed by atoms with E-state index in [1.807, 2.05) is 0 Å². The molecular weight excluding hydrogens is 284 g/mol. The Balaban J connectivity index is 2.07. The SMILES string of the molecule is CCOC(=O)c1sc2nc3c(cc2c1N)CCCCCC3. The van der Waals surface area contributed by atoms with Gasteiger partial charge in [-0.2, -0.15) is 0 Å². The number of nitrogens with two attached hydrogens (primary N) is 1. The van der Waals surface area contributed by atoms with Crippen LogP contribution >= 0.6 is 11.3 Å². The van der Waals surface area contributed by atoms with Crippen LogP contribution < -0.4 is 5.73 Å². The maximum absolute atomic E-state index is 11.9. The summed E-state index contributed by atoms with van der Waals surface area (Å²) in [6.07, 6.45) is 7.04. The lowest BCUT2D eigenvalue weighted by molar-refractivity contribution is 0.0533. The maximum atomic E-state index is 11.9. The summed E-state index contributed by atoms with van der Waals surface area (Å²) >= 11 is 1.35. The highest BCUT2D eigenvalue weighted by atomic mass is 32.1. The van der Waals surface area contributed by atoms with E-state index in [0.717, 1.165) is 23.1 Å². The van der Waals surface area contributed by atoms with Gasteiger partial charge < -0.3 is 10.5 Å². The number of carbonyl (C=O) groups excluding carboxylic acids is 1. The molecule has 2 aromatic rings. The number of rotatable bonds is 2. The van der Waals surface area contributed by atoms with Gasteiger partial charge in [-0.25, -0.2) is 9.78 Å². The molecule has 0 amide bonds. The van der Waals surface area contributed by atoms with Crippen LogP contribution in [0.1, 0.15) is 53.5 Å². The van der Waals surface area contributed by atoms with E-state index >= 15 is 0 Å². The Morgan fingerprint density at radius 1 is 1.33 bits per heavy atom. The predicted octanol–water partition coefficient (Wildman–Crippen LogP) is 3.71. The molecule has 0 spiro atoms. The van der Waals surface area contributed by atoms with Crippen LogP contribution in [0.3, 0.4) is 0 Å². The van der Waals surface area contributed by atoms with Gasteiger partial charge in [-0.3, -0.25) is 0 Å². The van der Waals surface area contributed by atoms with Crippen molar-refractivity contribution in [3.05, 3.63) is 22.2 Å². The zero-order valence-corrected chi connectivity index (χ0v) is 13.1. The van der Waals surface area contributed by atoms with Crippen LogP contribution in [0.5, 0.6) is 0 Å². The molecule has 0 bridgehead atoms. The number of hydrogen-bond donors (Lipinski definition) is 1. The van der Waals surface area contributed by atoms with Crippen molar-refractivity contribution < 1.29 is 9.53 Å². The molecule has 0 fully saturated rings. The van der Waals surface area contributed by atoms with Gasteiger partial charge >= 0.3 is 5.97 Å². The van der Waals surface area contributed by atoms with Crippen LogP contribution in [0.25, 0.3) is 10.2 Å². The number of ether oxygens (including phenoxy) is 1. The van der Waals surface area contributed by atoms with Crippen molar-refractivity contribution in [1.29, 1.82) is 0 Å². The molecule has 5 heteroatoms. The average molecular weight is 304 g/mol. The largest absolute Gasteiger partial charge is 0.462 e. The van der Waals surface area contributed by atoms with Gasteiger partial charge in [0.2, 0.25) is 0 Å². The molecule has 4 nitrogen and oxygen atoms in total. The standard InChI is InChI=1S/C16H20N2O2S/c1-2-20-16(19)14-13(17)11-9-10-7-5-3-4-6-8-12(10)18-15(11)21-14/h9H,2-8,17H2,1H3. The molecule has 2 heterocycles.